The van der Waals surface area contributed by atoms with Gasteiger partial charge in [-0.2, -0.15) is 0 Å². The monoisotopic (exact) mass is 577 g/mol. The minimum absolute atomic E-state index is 0.00219. The largest absolute Gasteiger partial charge is 0.497 e. The van der Waals surface area contributed by atoms with Crippen LogP contribution in [0.4, 0.5) is 29.5 Å². The molecule has 0 radical (unpaired) electrons. The van der Waals surface area contributed by atoms with E-state index in [0.29, 0.717) is 12.1 Å². The van der Waals surface area contributed by atoms with Gasteiger partial charge in [0.05, 0.1) is 18.3 Å². The summed E-state index contributed by atoms with van der Waals surface area (Å²) in [6.07, 6.45) is 1.58. The first kappa shape index (κ1) is 29.2. The number of amides is 2. The SMILES string of the molecule is COc1ccc(CN(C)c2cc3nc(C)c(-c4cc(NC(=O)NC5CCC(F)(F)CC5)c(F)cc4C)cc3cn2)cc1. The molecule has 7 nitrogen and oxygen atoms in total. The fraction of sp³-hybridized carbons (Fsp3) is 0.344. The van der Waals surface area contributed by atoms with E-state index in [-0.39, 0.29) is 37.4 Å². The highest BCUT2D eigenvalue weighted by Gasteiger charge is 2.35. The molecule has 0 aliphatic heterocycles. The van der Waals surface area contributed by atoms with E-state index in [2.05, 4.69) is 15.6 Å². The second-order valence-electron chi connectivity index (χ2n) is 10.9. The van der Waals surface area contributed by atoms with Crippen LogP contribution in [0.15, 0.2) is 54.7 Å². The normalized spacial score (nSPS) is 14.9. The van der Waals surface area contributed by atoms with Crippen molar-refractivity contribution in [2.24, 2.45) is 0 Å². The zero-order chi connectivity index (χ0) is 30.0. The van der Waals surface area contributed by atoms with E-state index >= 15 is 0 Å². The number of fused-ring (bicyclic) bond motifs is 1. The van der Waals surface area contributed by atoms with Gasteiger partial charge in [0.1, 0.15) is 17.4 Å². The lowest BCUT2D eigenvalue weighted by molar-refractivity contribution is -0.0394. The molecular weight excluding hydrogens is 543 g/mol. The molecule has 0 bridgehead atoms. The number of aryl methyl sites for hydroxylation is 2. The lowest BCUT2D eigenvalue weighted by atomic mass is 9.92. The number of rotatable bonds is 7. The predicted octanol–water partition coefficient (Wildman–Crippen LogP) is 7.40. The summed E-state index contributed by atoms with van der Waals surface area (Å²) in [7, 11) is 3.61. The molecule has 1 saturated carbocycles. The molecule has 2 aromatic heterocycles. The molecule has 2 aromatic carbocycles. The number of nitrogens with one attached hydrogen (secondary N) is 2. The van der Waals surface area contributed by atoms with Gasteiger partial charge in [0.15, 0.2) is 0 Å². The van der Waals surface area contributed by atoms with Gasteiger partial charge >= 0.3 is 6.03 Å². The van der Waals surface area contributed by atoms with Crippen LogP contribution in [0.25, 0.3) is 22.0 Å². The first-order valence-electron chi connectivity index (χ1n) is 13.9. The summed E-state index contributed by atoms with van der Waals surface area (Å²) in [6, 6.07) is 13.7. The number of halogens is 3. The summed E-state index contributed by atoms with van der Waals surface area (Å²) < 4.78 is 47.0. The molecule has 4 aromatic rings. The summed E-state index contributed by atoms with van der Waals surface area (Å²) in [5.41, 5.74) is 4.83. The van der Waals surface area contributed by atoms with Gasteiger partial charge in [-0.05, 0) is 73.7 Å². The Morgan fingerprint density at radius 2 is 1.79 bits per heavy atom. The van der Waals surface area contributed by atoms with E-state index in [1.807, 2.05) is 55.3 Å². The molecule has 1 fully saturated rings. The third-order valence-electron chi connectivity index (χ3n) is 7.75. The maximum atomic E-state index is 14.9. The Bertz CT molecular complexity index is 1600. The van der Waals surface area contributed by atoms with Crippen LogP contribution in [0.2, 0.25) is 0 Å². The first-order valence-corrected chi connectivity index (χ1v) is 13.9. The Kier molecular flexibility index (Phi) is 8.24. The van der Waals surface area contributed by atoms with Crippen molar-refractivity contribution in [2.75, 3.05) is 24.4 Å². The van der Waals surface area contributed by atoms with E-state index in [1.165, 1.54) is 6.07 Å². The number of alkyl halides is 2. The van der Waals surface area contributed by atoms with Crippen molar-refractivity contribution in [2.45, 2.75) is 58.0 Å². The molecule has 10 heteroatoms. The van der Waals surface area contributed by atoms with Gasteiger partial charge in [0.25, 0.3) is 0 Å². The molecule has 1 aliphatic carbocycles. The molecule has 5 rings (SSSR count). The van der Waals surface area contributed by atoms with Crippen molar-refractivity contribution in [3.05, 3.63) is 77.4 Å². The third-order valence-corrected chi connectivity index (χ3v) is 7.75. The van der Waals surface area contributed by atoms with Gasteiger partial charge < -0.3 is 20.3 Å². The molecule has 0 spiro atoms. The van der Waals surface area contributed by atoms with Gasteiger partial charge in [-0.15, -0.1) is 0 Å². The summed E-state index contributed by atoms with van der Waals surface area (Å²) in [4.78, 5) is 24.1. The maximum Gasteiger partial charge on any atom is 0.319 e. The van der Waals surface area contributed by atoms with Crippen LogP contribution < -0.4 is 20.3 Å². The second kappa shape index (κ2) is 11.9. The number of ether oxygens (including phenoxy) is 1. The number of pyridine rings is 2. The van der Waals surface area contributed by atoms with E-state index in [9.17, 15) is 18.0 Å². The quantitative estimate of drug-likeness (QED) is 0.239. The number of urea groups is 1. The molecule has 42 heavy (non-hydrogen) atoms. The summed E-state index contributed by atoms with van der Waals surface area (Å²) >= 11 is 0. The number of aromatic nitrogens is 2. The van der Waals surface area contributed by atoms with E-state index < -0.39 is 17.8 Å². The first-order chi connectivity index (χ1) is 20.0. The second-order valence-corrected chi connectivity index (χ2v) is 10.9. The number of hydrogen-bond acceptors (Lipinski definition) is 5. The van der Waals surface area contributed by atoms with Gasteiger partial charge in [-0.25, -0.2) is 22.9 Å². The van der Waals surface area contributed by atoms with Crippen molar-refractivity contribution < 1.29 is 22.7 Å². The molecule has 0 saturated heterocycles. The van der Waals surface area contributed by atoms with Gasteiger partial charge in [0, 0.05) is 61.4 Å². The van der Waals surface area contributed by atoms with Crippen LogP contribution in [0.3, 0.4) is 0 Å². The fourth-order valence-electron chi connectivity index (χ4n) is 5.31. The lowest BCUT2D eigenvalue weighted by Gasteiger charge is -2.28. The number of methoxy groups -OCH3 is 1. The van der Waals surface area contributed by atoms with Crippen LogP contribution in [0.5, 0.6) is 5.75 Å². The Labute approximate surface area is 243 Å². The number of nitrogens with zero attached hydrogens (tertiary/aromatic N) is 3. The highest BCUT2D eigenvalue weighted by Crippen LogP contribution is 2.34. The summed E-state index contributed by atoms with van der Waals surface area (Å²) in [6.45, 7) is 4.34. The Balaban J connectivity index is 1.34. The van der Waals surface area contributed by atoms with E-state index in [4.69, 9.17) is 9.72 Å². The number of hydrogen-bond donors (Lipinski definition) is 2. The van der Waals surface area contributed by atoms with Crippen LogP contribution in [-0.4, -0.2) is 42.1 Å². The Hall–Kier alpha value is -4.34. The number of anilines is 2. The molecule has 0 unspecified atom stereocenters. The van der Waals surface area contributed by atoms with Crippen molar-refractivity contribution in [3.63, 3.8) is 0 Å². The molecular formula is C32H34F3N5O2. The highest BCUT2D eigenvalue weighted by molar-refractivity contribution is 5.92. The molecule has 2 amide bonds. The predicted molar refractivity (Wildman–Crippen MR) is 159 cm³/mol. The molecule has 0 atom stereocenters. The topological polar surface area (TPSA) is 79.4 Å². The zero-order valence-corrected chi connectivity index (χ0v) is 24.1. The smallest absolute Gasteiger partial charge is 0.319 e. The Morgan fingerprint density at radius 3 is 2.48 bits per heavy atom. The van der Waals surface area contributed by atoms with Crippen LogP contribution in [0, 0.1) is 19.7 Å². The van der Waals surface area contributed by atoms with Crippen molar-refractivity contribution in [1.29, 1.82) is 0 Å². The molecule has 2 heterocycles. The van der Waals surface area contributed by atoms with Crippen LogP contribution in [-0.2, 0) is 6.54 Å². The minimum atomic E-state index is -2.69. The lowest BCUT2D eigenvalue weighted by Crippen LogP contribution is -2.42. The molecule has 2 N–H and O–H groups in total. The molecule has 220 valence electrons. The average Bonchev–Trinajstić information content (AvgIpc) is 2.95. The van der Waals surface area contributed by atoms with Crippen LogP contribution in [0.1, 0.15) is 42.5 Å². The Morgan fingerprint density at radius 1 is 1.07 bits per heavy atom. The number of carbonyl (C=O) groups excluding carboxylic acids is 1. The number of benzene rings is 2. The standard InChI is InChI=1S/C32H34F3N5O2/c1-19-13-27(33)29(39-31(41)38-23-9-11-32(34,35)12-10-23)15-25(19)26-14-22-17-36-30(16-28(22)37-20(26)2)40(3)18-21-5-7-24(42-4)8-6-21/h5-8,13-17,23H,9-12,18H2,1-4H3,(H2,38,39,41). The van der Waals surface area contributed by atoms with Gasteiger partial charge in [-0.1, -0.05) is 12.1 Å². The van der Waals surface area contributed by atoms with E-state index in [1.54, 1.807) is 26.3 Å². The summed E-state index contributed by atoms with van der Waals surface area (Å²) in [5, 5.41) is 6.08. The van der Waals surface area contributed by atoms with Crippen molar-refractivity contribution in [3.8, 4) is 16.9 Å². The highest BCUT2D eigenvalue weighted by atomic mass is 19.3. The van der Waals surface area contributed by atoms with Gasteiger partial charge in [0.2, 0.25) is 5.92 Å². The van der Waals surface area contributed by atoms with E-state index in [0.717, 1.165) is 44.9 Å². The fourth-order valence-corrected chi connectivity index (χ4v) is 5.31. The zero-order valence-electron chi connectivity index (χ0n) is 24.1. The maximum absolute atomic E-state index is 14.9. The number of carbonyl (C=O) groups is 1. The average molecular weight is 578 g/mol. The third kappa shape index (κ3) is 6.58. The molecule has 1 aliphatic rings. The van der Waals surface area contributed by atoms with Crippen molar-refractivity contribution in [1.82, 2.24) is 15.3 Å². The minimum Gasteiger partial charge on any atom is -0.497 e. The summed E-state index contributed by atoms with van der Waals surface area (Å²) in [5.74, 6) is -1.70. The van der Waals surface area contributed by atoms with Crippen LogP contribution >= 0.6 is 0 Å². The van der Waals surface area contributed by atoms with Crippen molar-refractivity contribution >= 4 is 28.4 Å². The van der Waals surface area contributed by atoms with Gasteiger partial charge in [-0.3, -0.25) is 4.98 Å².